The van der Waals surface area contributed by atoms with Crippen LogP contribution in [0, 0.1) is 0 Å². The summed E-state index contributed by atoms with van der Waals surface area (Å²) < 4.78 is 0. The maximum absolute atomic E-state index is 5.92. The van der Waals surface area contributed by atoms with Crippen LogP contribution in [0.15, 0.2) is 11.4 Å². The molecule has 1 saturated heterocycles. The highest BCUT2D eigenvalue weighted by Crippen LogP contribution is 2.33. The molecule has 0 spiro atoms. The van der Waals surface area contributed by atoms with Crippen LogP contribution < -0.4 is 5.32 Å². The summed E-state index contributed by atoms with van der Waals surface area (Å²) in [6, 6.07) is 2.51. The van der Waals surface area contributed by atoms with E-state index in [0.29, 0.717) is 6.04 Å². The van der Waals surface area contributed by atoms with Gasteiger partial charge in [-0.25, -0.2) is 0 Å². The van der Waals surface area contributed by atoms with Gasteiger partial charge < -0.3 is 5.32 Å². The quantitative estimate of drug-likeness (QED) is 0.688. The zero-order valence-electron chi connectivity index (χ0n) is 5.43. The van der Waals surface area contributed by atoms with Crippen molar-refractivity contribution in [3.63, 3.8) is 0 Å². The summed E-state index contributed by atoms with van der Waals surface area (Å²) >= 11 is 7.66. The van der Waals surface area contributed by atoms with Crippen molar-refractivity contribution in [2.45, 2.75) is 12.5 Å². The van der Waals surface area contributed by atoms with E-state index >= 15 is 0 Å². The molecule has 1 N–H and O–H groups in total. The summed E-state index contributed by atoms with van der Waals surface area (Å²) in [5.41, 5.74) is 0. The summed E-state index contributed by atoms with van der Waals surface area (Å²) in [7, 11) is 0. The van der Waals surface area contributed by atoms with Gasteiger partial charge in [-0.05, 0) is 24.4 Å². The zero-order chi connectivity index (χ0) is 6.97. The normalized spacial score (nSPS) is 24.3. The molecule has 1 aliphatic heterocycles. The molecule has 2 heterocycles. The molecular weight excluding hydrogens is 166 g/mol. The maximum atomic E-state index is 5.92. The van der Waals surface area contributed by atoms with Gasteiger partial charge in [0.25, 0.3) is 0 Å². The summed E-state index contributed by atoms with van der Waals surface area (Å²) in [4.78, 5) is 1.30. The van der Waals surface area contributed by atoms with E-state index in [-0.39, 0.29) is 0 Å². The third kappa shape index (κ3) is 0.965. The fourth-order valence-electron chi connectivity index (χ4n) is 1.07. The van der Waals surface area contributed by atoms with Crippen LogP contribution in [-0.4, -0.2) is 6.54 Å². The first kappa shape index (κ1) is 6.65. The third-order valence-electron chi connectivity index (χ3n) is 1.79. The first-order chi connectivity index (χ1) is 4.88. The Balaban J connectivity index is 2.23. The van der Waals surface area contributed by atoms with Crippen molar-refractivity contribution in [2.75, 3.05) is 6.54 Å². The fourth-order valence-corrected chi connectivity index (χ4v) is 2.37. The van der Waals surface area contributed by atoms with E-state index < -0.39 is 0 Å². The van der Waals surface area contributed by atoms with E-state index in [4.69, 9.17) is 11.6 Å². The zero-order valence-corrected chi connectivity index (χ0v) is 7.00. The van der Waals surface area contributed by atoms with Crippen LogP contribution in [0.3, 0.4) is 0 Å². The first-order valence-electron chi connectivity index (χ1n) is 3.34. The average Bonchev–Trinajstić information content (AvgIpc) is 2.12. The second kappa shape index (κ2) is 2.53. The monoisotopic (exact) mass is 173 g/mol. The van der Waals surface area contributed by atoms with Crippen LogP contribution in [0.25, 0.3) is 0 Å². The predicted octanol–water partition coefficient (Wildman–Crippen LogP) is 2.44. The molecule has 3 heteroatoms. The van der Waals surface area contributed by atoms with Gasteiger partial charge in [-0.2, -0.15) is 0 Å². The van der Waals surface area contributed by atoms with Crippen molar-refractivity contribution >= 4 is 22.9 Å². The van der Waals surface area contributed by atoms with Crippen LogP contribution in [0.2, 0.25) is 5.02 Å². The van der Waals surface area contributed by atoms with Gasteiger partial charge >= 0.3 is 0 Å². The highest BCUT2D eigenvalue weighted by molar-refractivity contribution is 7.10. The van der Waals surface area contributed by atoms with Gasteiger partial charge in [-0.3, -0.25) is 0 Å². The Morgan fingerprint density at radius 2 is 2.50 bits per heavy atom. The van der Waals surface area contributed by atoms with E-state index in [9.17, 15) is 0 Å². The summed E-state index contributed by atoms with van der Waals surface area (Å²) in [6.45, 7) is 1.14. The van der Waals surface area contributed by atoms with Crippen LogP contribution in [0.5, 0.6) is 0 Å². The second-order valence-corrected chi connectivity index (χ2v) is 3.78. The minimum Gasteiger partial charge on any atom is -0.309 e. The fraction of sp³-hybridized carbons (Fsp3) is 0.429. The molecular formula is C7H8ClNS. The lowest BCUT2D eigenvalue weighted by atomic mass is 10.1. The van der Waals surface area contributed by atoms with E-state index in [1.54, 1.807) is 11.3 Å². The molecule has 1 aliphatic rings. The maximum Gasteiger partial charge on any atom is 0.0561 e. The molecule has 0 aromatic carbocycles. The van der Waals surface area contributed by atoms with Gasteiger partial charge in [0, 0.05) is 10.9 Å². The van der Waals surface area contributed by atoms with Crippen molar-refractivity contribution < 1.29 is 0 Å². The Bertz CT molecular complexity index is 229. The number of rotatable bonds is 1. The van der Waals surface area contributed by atoms with Gasteiger partial charge in [-0.15, -0.1) is 11.3 Å². The molecule has 0 amide bonds. The van der Waals surface area contributed by atoms with E-state index in [1.165, 1.54) is 11.3 Å². The molecule has 0 bridgehead atoms. The number of halogens is 1. The summed E-state index contributed by atoms with van der Waals surface area (Å²) in [5.74, 6) is 0. The van der Waals surface area contributed by atoms with Gasteiger partial charge in [0.1, 0.15) is 0 Å². The smallest absolute Gasteiger partial charge is 0.0561 e. The second-order valence-electron chi connectivity index (χ2n) is 2.43. The van der Waals surface area contributed by atoms with Crippen molar-refractivity contribution in [1.82, 2.24) is 5.32 Å². The number of nitrogens with one attached hydrogen (secondary N) is 1. The van der Waals surface area contributed by atoms with Crippen LogP contribution in [-0.2, 0) is 0 Å². The number of hydrogen-bond donors (Lipinski definition) is 1. The minimum absolute atomic E-state index is 0.549. The van der Waals surface area contributed by atoms with Gasteiger partial charge in [0.2, 0.25) is 0 Å². The lowest BCUT2D eigenvalue weighted by Crippen LogP contribution is -2.34. The van der Waals surface area contributed by atoms with Crippen molar-refractivity contribution in [2.24, 2.45) is 0 Å². The molecule has 1 atom stereocenters. The Kier molecular flexibility index (Phi) is 1.68. The van der Waals surface area contributed by atoms with Crippen LogP contribution in [0.4, 0.5) is 0 Å². The SMILES string of the molecule is Clc1ccsc1C1CCN1. The molecule has 1 aromatic heterocycles. The highest BCUT2D eigenvalue weighted by Gasteiger charge is 2.21. The van der Waals surface area contributed by atoms with E-state index in [0.717, 1.165) is 11.6 Å². The molecule has 10 heavy (non-hydrogen) atoms. The minimum atomic E-state index is 0.549. The number of hydrogen-bond acceptors (Lipinski definition) is 2. The standard InChI is InChI=1S/C7H8ClNS/c8-5-2-4-10-7(5)6-1-3-9-6/h2,4,6,9H,1,3H2. The molecule has 0 aliphatic carbocycles. The molecule has 2 rings (SSSR count). The van der Waals surface area contributed by atoms with Gasteiger partial charge in [-0.1, -0.05) is 11.6 Å². The van der Waals surface area contributed by atoms with E-state index in [2.05, 4.69) is 5.32 Å². The van der Waals surface area contributed by atoms with Crippen LogP contribution in [0.1, 0.15) is 17.3 Å². The molecule has 1 nitrogen and oxygen atoms in total. The largest absolute Gasteiger partial charge is 0.309 e. The average molecular weight is 174 g/mol. The van der Waals surface area contributed by atoms with Gasteiger partial charge in [0.05, 0.1) is 5.02 Å². The third-order valence-corrected chi connectivity index (χ3v) is 3.26. The molecule has 1 unspecified atom stereocenters. The van der Waals surface area contributed by atoms with Gasteiger partial charge in [0.15, 0.2) is 0 Å². The molecule has 0 saturated carbocycles. The van der Waals surface area contributed by atoms with Crippen molar-refractivity contribution in [3.8, 4) is 0 Å². The Morgan fingerprint density at radius 1 is 1.70 bits per heavy atom. The highest BCUT2D eigenvalue weighted by atomic mass is 35.5. The van der Waals surface area contributed by atoms with E-state index in [1.807, 2.05) is 11.4 Å². The summed E-state index contributed by atoms with van der Waals surface area (Å²) in [5, 5.41) is 6.27. The summed E-state index contributed by atoms with van der Waals surface area (Å²) in [6.07, 6.45) is 1.24. The van der Waals surface area contributed by atoms with Crippen molar-refractivity contribution in [3.05, 3.63) is 21.3 Å². The Labute approximate surface area is 69.0 Å². The first-order valence-corrected chi connectivity index (χ1v) is 4.60. The molecule has 54 valence electrons. The molecule has 1 aromatic rings. The lowest BCUT2D eigenvalue weighted by molar-refractivity contribution is 0.389. The Morgan fingerprint density at radius 3 is 2.90 bits per heavy atom. The molecule has 1 fully saturated rings. The lowest BCUT2D eigenvalue weighted by Gasteiger charge is -2.26. The van der Waals surface area contributed by atoms with Crippen LogP contribution >= 0.6 is 22.9 Å². The molecule has 0 radical (unpaired) electrons. The number of thiophene rings is 1. The topological polar surface area (TPSA) is 12.0 Å². The predicted molar refractivity (Wildman–Crippen MR) is 44.7 cm³/mol. The van der Waals surface area contributed by atoms with Crippen molar-refractivity contribution in [1.29, 1.82) is 0 Å². The Hall–Kier alpha value is -0.0500.